The normalized spacial score (nSPS) is 16.4. The molecular formula is C25H27N7O2S2. The number of hydrogen-bond acceptors (Lipinski definition) is 11. The van der Waals surface area contributed by atoms with Crippen LogP contribution in [-0.4, -0.2) is 72.5 Å². The van der Waals surface area contributed by atoms with Gasteiger partial charge < -0.3 is 24.6 Å². The summed E-state index contributed by atoms with van der Waals surface area (Å²) in [4.78, 5) is 23.4. The number of morpholine rings is 2. The summed E-state index contributed by atoms with van der Waals surface area (Å²) in [5.41, 5.74) is 3.23. The molecule has 0 radical (unpaired) electrons. The number of thiazole rings is 1. The highest BCUT2D eigenvalue weighted by atomic mass is 32.2. The summed E-state index contributed by atoms with van der Waals surface area (Å²) >= 11 is 3.47. The zero-order valence-corrected chi connectivity index (χ0v) is 21.4. The first kappa shape index (κ1) is 23.4. The van der Waals surface area contributed by atoms with Crippen molar-refractivity contribution in [2.24, 2.45) is 0 Å². The monoisotopic (exact) mass is 521 g/mol. The van der Waals surface area contributed by atoms with Crippen LogP contribution in [0.2, 0.25) is 0 Å². The van der Waals surface area contributed by atoms with E-state index < -0.39 is 0 Å². The third-order valence-electron chi connectivity index (χ3n) is 6.03. The van der Waals surface area contributed by atoms with Gasteiger partial charge in [-0.15, -0.1) is 11.3 Å². The third-order valence-corrected chi connectivity index (χ3v) is 8.26. The lowest BCUT2D eigenvalue weighted by molar-refractivity contribution is 0.121. The van der Waals surface area contributed by atoms with Crippen LogP contribution in [0.5, 0.6) is 0 Å². The van der Waals surface area contributed by atoms with Gasteiger partial charge >= 0.3 is 0 Å². The molecule has 0 aliphatic carbocycles. The average Bonchev–Trinajstić information content (AvgIpc) is 3.36. The summed E-state index contributed by atoms with van der Waals surface area (Å²) in [6, 6.07) is 16.7. The van der Waals surface area contributed by atoms with Gasteiger partial charge in [0, 0.05) is 37.6 Å². The van der Waals surface area contributed by atoms with Gasteiger partial charge in [0.2, 0.25) is 17.8 Å². The highest BCUT2D eigenvalue weighted by Crippen LogP contribution is 2.33. The van der Waals surface area contributed by atoms with E-state index in [1.165, 1.54) is 5.56 Å². The maximum absolute atomic E-state index is 5.52. The van der Waals surface area contributed by atoms with Crippen LogP contribution >= 0.6 is 23.1 Å². The molecule has 1 N–H and O–H groups in total. The van der Waals surface area contributed by atoms with Crippen LogP contribution in [0.25, 0.3) is 10.2 Å². The molecule has 4 heterocycles. The van der Waals surface area contributed by atoms with Crippen LogP contribution in [-0.2, 0) is 15.2 Å². The fraction of sp³-hybridized carbons (Fsp3) is 0.360. The average molecular weight is 522 g/mol. The number of benzene rings is 2. The second-order valence-electron chi connectivity index (χ2n) is 8.52. The van der Waals surface area contributed by atoms with Crippen LogP contribution in [0.4, 0.5) is 23.5 Å². The predicted molar refractivity (Wildman–Crippen MR) is 145 cm³/mol. The van der Waals surface area contributed by atoms with Gasteiger partial charge in [-0.25, -0.2) is 4.98 Å². The van der Waals surface area contributed by atoms with Gasteiger partial charge in [-0.1, -0.05) is 42.1 Å². The number of nitrogens with one attached hydrogen (secondary N) is 1. The molecule has 2 fully saturated rings. The van der Waals surface area contributed by atoms with Crippen LogP contribution in [0.1, 0.15) is 5.56 Å². The molecule has 11 heteroatoms. The largest absolute Gasteiger partial charge is 0.378 e. The highest BCUT2D eigenvalue weighted by Gasteiger charge is 2.21. The van der Waals surface area contributed by atoms with Crippen molar-refractivity contribution in [3.8, 4) is 0 Å². The van der Waals surface area contributed by atoms with Crippen molar-refractivity contribution >= 4 is 56.8 Å². The van der Waals surface area contributed by atoms with Crippen LogP contribution < -0.4 is 15.1 Å². The predicted octanol–water partition coefficient (Wildman–Crippen LogP) is 4.19. The maximum atomic E-state index is 5.52. The first-order valence-electron chi connectivity index (χ1n) is 12.1. The molecule has 186 valence electrons. The van der Waals surface area contributed by atoms with Gasteiger partial charge in [0.05, 0.1) is 36.6 Å². The summed E-state index contributed by atoms with van der Waals surface area (Å²) < 4.78 is 13.2. The van der Waals surface area contributed by atoms with Crippen molar-refractivity contribution in [3.63, 3.8) is 0 Å². The molecule has 2 saturated heterocycles. The molecule has 0 atom stereocenters. The van der Waals surface area contributed by atoms with E-state index >= 15 is 0 Å². The summed E-state index contributed by atoms with van der Waals surface area (Å²) in [5, 5.41) is 3.42. The first-order chi connectivity index (χ1) is 17.8. The lowest BCUT2D eigenvalue weighted by Gasteiger charge is -2.30. The molecule has 4 aromatic rings. The van der Waals surface area contributed by atoms with Crippen molar-refractivity contribution in [2.75, 3.05) is 67.7 Å². The van der Waals surface area contributed by atoms with Crippen molar-refractivity contribution in [2.45, 2.75) is 10.1 Å². The Labute approximate surface area is 217 Å². The van der Waals surface area contributed by atoms with E-state index in [-0.39, 0.29) is 0 Å². The lowest BCUT2D eigenvalue weighted by atomic mass is 10.2. The van der Waals surface area contributed by atoms with E-state index in [0.717, 1.165) is 52.2 Å². The summed E-state index contributed by atoms with van der Waals surface area (Å²) in [5.74, 6) is 2.80. The number of anilines is 4. The van der Waals surface area contributed by atoms with E-state index in [9.17, 15) is 0 Å². The van der Waals surface area contributed by atoms with Crippen molar-refractivity contribution in [1.29, 1.82) is 0 Å². The Morgan fingerprint density at radius 2 is 1.47 bits per heavy atom. The summed E-state index contributed by atoms with van der Waals surface area (Å²) in [6.07, 6.45) is 0. The Balaban J connectivity index is 1.23. The number of ether oxygens (including phenoxy) is 2. The quantitative estimate of drug-likeness (QED) is 0.357. The molecule has 2 aliphatic heterocycles. The van der Waals surface area contributed by atoms with Gasteiger partial charge in [0.1, 0.15) is 0 Å². The fourth-order valence-corrected chi connectivity index (χ4v) is 6.17. The summed E-state index contributed by atoms with van der Waals surface area (Å²) in [7, 11) is 0. The Hall–Kier alpha value is -2.99. The standard InChI is InChI=1S/C25H27N7O2S2/c1-2-4-18(5-3-1)17-35-25-27-20-7-6-19(16-21(20)36-25)26-22-28-23(31-8-12-33-13-9-31)30-24(29-22)32-10-14-34-15-11-32/h1-7,16H,8-15,17H2,(H,26,28,29,30). The zero-order valence-electron chi connectivity index (χ0n) is 19.8. The number of nitrogens with zero attached hydrogens (tertiary/aromatic N) is 6. The van der Waals surface area contributed by atoms with Gasteiger partial charge in [0.25, 0.3) is 0 Å². The number of rotatable bonds is 7. The maximum Gasteiger partial charge on any atom is 0.233 e. The van der Waals surface area contributed by atoms with Crippen LogP contribution in [0.15, 0.2) is 52.9 Å². The smallest absolute Gasteiger partial charge is 0.233 e. The van der Waals surface area contributed by atoms with E-state index in [4.69, 9.17) is 29.4 Å². The molecule has 6 rings (SSSR count). The van der Waals surface area contributed by atoms with Gasteiger partial charge in [0.15, 0.2) is 4.34 Å². The highest BCUT2D eigenvalue weighted by molar-refractivity contribution is 8.00. The van der Waals surface area contributed by atoms with Crippen molar-refractivity contribution in [3.05, 3.63) is 54.1 Å². The molecule has 0 saturated carbocycles. The minimum Gasteiger partial charge on any atom is -0.378 e. The molecule has 0 spiro atoms. The Bertz CT molecular complexity index is 1270. The minimum atomic E-state index is 0.538. The van der Waals surface area contributed by atoms with E-state index in [1.807, 2.05) is 18.2 Å². The van der Waals surface area contributed by atoms with E-state index in [2.05, 4.69) is 45.4 Å². The van der Waals surface area contributed by atoms with Crippen LogP contribution in [0, 0.1) is 0 Å². The molecule has 0 amide bonds. The van der Waals surface area contributed by atoms with Crippen LogP contribution in [0.3, 0.4) is 0 Å². The zero-order chi connectivity index (χ0) is 24.2. The summed E-state index contributed by atoms with van der Waals surface area (Å²) in [6.45, 7) is 5.76. The molecule has 9 nitrogen and oxygen atoms in total. The molecule has 2 aromatic heterocycles. The number of hydrogen-bond donors (Lipinski definition) is 1. The van der Waals surface area contributed by atoms with Crippen molar-refractivity contribution < 1.29 is 9.47 Å². The second-order valence-corrected chi connectivity index (χ2v) is 10.8. The lowest BCUT2D eigenvalue weighted by Crippen LogP contribution is -2.40. The topological polar surface area (TPSA) is 88.5 Å². The molecule has 36 heavy (non-hydrogen) atoms. The van der Waals surface area contributed by atoms with Gasteiger partial charge in [-0.05, 0) is 23.8 Å². The SMILES string of the molecule is c1ccc(CSc2nc3ccc(Nc4nc(N5CCOCC5)nc(N5CCOCC5)n4)cc3s2)cc1. The van der Waals surface area contributed by atoms with Gasteiger partial charge in [-0.2, -0.15) is 15.0 Å². The fourth-order valence-electron chi connectivity index (χ4n) is 4.11. The molecule has 2 aliphatic rings. The van der Waals surface area contributed by atoms with E-state index in [0.29, 0.717) is 44.3 Å². The number of aromatic nitrogens is 4. The van der Waals surface area contributed by atoms with Crippen molar-refractivity contribution in [1.82, 2.24) is 19.9 Å². The Morgan fingerprint density at radius 1 is 0.806 bits per heavy atom. The van der Waals surface area contributed by atoms with Gasteiger partial charge in [-0.3, -0.25) is 0 Å². The van der Waals surface area contributed by atoms with E-state index in [1.54, 1.807) is 23.1 Å². The Morgan fingerprint density at radius 3 is 2.14 bits per heavy atom. The first-order valence-corrected chi connectivity index (χ1v) is 13.9. The Kier molecular flexibility index (Phi) is 7.12. The molecule has 0 unspecified atom stereocenters. The minimum absolute atomic E-state index is 0.538. The number of fused-ring (bicyclic) bond motifs is 1. The number of thioether (sulfide) groups is 1. The molecule has 0 bridgehead atoms. The second kappa shape index (κ2) is 11.0. The molecule has 2 aromatic carbocycles. The molecular weight excluding hydrogens is 494 g/mol. The third kappa shape index (κ3) is 5.54.